The lowest BCUT2D eigenvalue weighted by atomic mass is 9.93. The van der Waals surface area contributed by atoms with Crippen molar-refractivity contribution in [2.24, 2.45) is 5.92 Å². The molecule has 1 fully saturated rings. The zero-order valence-electron chi connectivity index (χ0n) is 15.7. The van der Waals surface area contributed by atoms with Gasteiger partial charge in [-0.2, -0.15) is 0 Å². The Labute approximate surface area is 154 Å². The van der Waals surface area contributed by atoms with Crippen LogP contribution in [0, 0.1) is 26.7 Å². The van der Waals surface area contributed by atoms with Crippen LogP contribution in [0.1, 0.15) is 46.6 Å². The van der Waals surface area contributed by atoms with Crippen LogP contribution in [0.25, 0.3) is 5.69 Å². The topological polar surface area (TPSA) is 62.5 Å². The molecule has 1 N–H and O–H groups in total. The average molecular weight is 354 g/mol. The van der Waals surface area contributed by atoms with E-state index in [4.69, 9.17) is 5.11 Å². The quantitative estimate of drug-likeness (QED) is 0.910. The average Bonchev–Trinajstić information content (AvgIpc) is 2.89. The van der Waals surface area contributed by atoms with Crippen LogP contribution >= 0.6 is 0 Å². The lowest BCUT2D eigenvalue weighted by Gasteiger charge is -2.31. The minimum Gasteiger partial charge on any atom is -0.481 e. The van der Waals surface area contributed by atoms with Gasteiger partial charge in [-0.3, -0.25) is 9.59 Å². The number of aliphatic carboxylic acids is 1. The van der Waals surface area contributed by atoms with Gasteiger partial charge >= 0.3 is 5.97 Å². The highest BCUT2D eigenvalue weighted by Gasteiger charge is 2.27. The zero-order valence-corrected chi connectivity index (χ0v) is 15.7. The minimum absolute atomic E-state index is 0.0479. The van der Waals surface area contributed by atoms with Crippen molar-refractivity contribution in [2.75, 3.05) is 13.1 Å². The van der Waals surface area contributed by atoms with Crippen LogP contribution in [-0.2, 0) is 4.79 Å². The number of carboxylic acids is 1. The molecule has 2 heterocycles. The number of rotatable bonds is 4. The smallest absolute Gasteiger partial charge is 0.303 e. The van der Waals surface area contributed by atoms with Gasteiger partial charge < -0.3 is 14.6 Å². The van der Waals surface area contributed by atoms with Gasteiger partial charge in [0.2, 0.25) is 0 Å². The standard InChI is InChI=1S/C21H26N2O3/c1-14-6-4-5-7-19(14)23-15(2)12-18(16(23)3)21(26)22-10-8-17(9-11-22)13-20(24)25/h4-7,12,17H,8-11,13H2,1-3H3,(H,24,25). The second-order valence-corrected chi connectivity index (χ2v) is 7.24. The number of benzene rings is 1. The Bertz CT molecular complexity index is 830. The van der Waals surface area contributed by atoms with E-state index in [0.29, 0.717) is 13.1 Å². The first-order valence-corrected chi connectivity index (χ1v) is 9.14. The molecule has 1 aromatic carbocycles. The number of aryl methyl sites for hydroxylation is 2. The van der Waals surface area contributed by atoms with Crippen LogP contribution < -0.4 is 0 Å². The summed E-state index contributed by atoms with van der Waals surface area (Å²) in [5, 5.41) is 8.94. The van der Waals surface area contributed by atoms with E-state index in [0.717, 1.165) is 35.5 Å². The molecular formula is C21H26N2O3. The maximum absolute atomic E-state index is 13.0. The number of para-hydroxylation sites is 1. The molecule has 1 aliphatic rings. The summed E-state index contributed by atoms with van der Waals surface area (Å²) in [7, 11) is 0. The first-order chi connectivity index (χ1) is 12.4. The van der Waals surface area contributed by atoms with E-state index in [1.54, 1.807) is 0 Å². The Kier molecular flexibility index (Phi) is 5.16. The van der Waals surface area contributed by atoms with E-state index < -0.39 is 5.97 Å². The lowest BCUT2D eigenvalue weighted by molar-refractivity contribution is -0.138. The van der Waals surface area contributed by atoms with E-state index in [1.165, 1.54) is 5.56 Å². The molecule has 138 valence electrons. The fourth-order valence-electron chi connectivity index (χ4n) is 3.92. The molecule has 0 aliphatic carbocycles. The number of hydrogen-bond donors (Lipinski definition) is 1. The van der Waals surface area contributed by atoms with Crippen molar-refractivity contribution in [1.29, 1.82) is 0 Å². The molecule has 5 heteroatoms. The highest BCUT2D eigenvalue weighted by Crippen LogP contribution is 2.26. The first-order valence-electron chi connectivity index (χ1n) is 9.14. The lowest BCUT2D eigenvalue weighted by Crippen LogP contribution is -2.39. The number of hydrogen-bond acceptors (Lipinski definition) is 2. The Hall–Kier alpha value is -2.56. The molecule has 0 radical (unpaired) electrons. The van der Waals surface area contributed by atoms with Gasteiger partial charge in [-0.05, 0) is 57.2 Å². The van der Waals surface area contributed by atoms with Gasteiger partial charge in [0.1, 0.15) is 0 Å². The van der Waals surface area contributed by atoms with Gasteiger partial charge in [-0.15, -0.1) is 0 Å². The summed E-state index contributed by atoms with van der Waals surface area (Å²) in [6.07, 6.45) is 1.72. The molecule has 26 heavy (non-hydrogen) atoms. The molecule has 1 aromatic heterocycles. The van der Waals surface area contributed by atoms with Crippen LogP contribution in [0.3, 0.4) is 0 Å². The number of likely N-dealkylation sites (tertiary alicyclic amines) is 1. The second kappa shape index (κ2) is 7.36. The summed E-state index contributed by atoms with van der Waals surface area (Å²) < 4.78 is 2.14. The number of carbonyl (C=O) groups is 2. The molecule has 0 saturated carbocycles. The van der Waals surface area contributed by atoms with Crippen molar-refractivity contribution in [2.45, 2.75) is 40.0 Å². The Morgan fingerprint density at radius 2 is 1.77 bits per heavy atom. The molecular weight excluding hydrogens is 328 g/mol. The van der Waals surface area contributed by atoms with E-state index in [1.807, 2.05) is 36.9 Å². The summed E-state index contributed by atoms with van der Waals surface area (Å²) in [4.78, 5) is 25.8. The number of carbonyl (C=O) groups excluding carboxylic acids is 1. The van der Waals surface area contributed by atoms with E-state index in [9.17, 15) is 9.59 Å². The molecule has 1 aliphatic heterocycles. The summed E-state index contributed by atoms with van der Waals surface area (Å²) in [6.45, 7) is 7.34. The predicted octanol–water partition coefficient (Wildman–Crippen LogP) is 3.73. The molecule has 2 aromatic rings. The molecule has 1 saturated heterocycles. The van der Waals surface area contributed by atoms with Crippen LogP contribution in [0.5, 0.6) is 0 Å². The van der Waals surface area contributed by atoms with Crippen LogP contribution in [0.15, 0.2) is 30.3 Å². The zero-order chi connectivity index (χ0) is 18.8. The molecule has 0 bridgehead atoms. The van der Waals surface area contributed by atoms with Gasteiger partial charge in [0.05, 0.1) is 5.56 Å². The van der Waals surface area contributed by atoms with Crippen molar-refractivity contribution in [3.8, 4) is 5.69 Å². The van der Waals surface area contributed by atoms with Crippen molar-refractivity contribution in [1.82, 2.24) is 9.47 Å². The van der Waals surface area contributed by atoms with Crippen LogP contribution in [0.4, 0.5) is 0 Å². The van der Waals surface area contributed by atoms with Gasteiger partial charge in [0.15, 0.2) is 0 Å². The van der Waals surface area contributed by atoms with Gasteiger partial charge in [0.25, 0.3) is 5.91 Å². The maximum atomic E-state index is 13.0. The van der Waals surface area contributed by atoms with E-state index in [2.05, 4.69) is 23.6 Å². The van der Waals surface area contributed by atoms with Gasteiger partial charge in [0, 0.05) is 36.6 Å². The molecule has 1 amide bonds. The third-order valence-corrected chi connectivity index (χ3v) is 5.38. The van der Waals surface area contributed by atoms with Gasteiger partial charge in [-0.25, -0.2) is 0 Å². The Morgan fingerprint density at radius 1 is 1.12 bits per heavy atom. The Balaban J connectivity index is 1.81. The van der Waals surface area contributed by atoms with Crippen molar-refractivity contribution in [3.05, 3.63) is 52.8 Å². The minimum atomic E-state index is -0.753. The largest absolute Gasteiger partial charge is 0.481 e. The predicted molar refractivity (Wildman–Crippen MR) is 101 cm³/mol. The highest BCUT2D eigenvalue weighted by molar-refractivity contribution is 5.96. The van der Waals surface area contributed by atoms with Crippen molar-refractivity contribution >= 4 is 11.9 Å². The summed E-state index contributed by atoms with van der Waals surface area (Å²) >= 11 is 0. The number of nitrogens with zero attached hydrogens (tertiary/aromatic N) is 2. The molecule has 5 nitrogen and oxygen atoms in total. The van der Waals surface area contributed by atoms with E-state index >= 15 is 0 Å². The van der Waals surface area contributed by atoms with E-state index in [-0.39, 0.29) is 18.2 Å². The summed E-state index contributed by atoms with van der Waals surface area (Å²) in [6, 6.07) is 10.1. The number of piperidine rings is 1. The number of aromatic nitrogens is 1. The van der Waals surface area contributed by atoms with Crippen LogP contribution in [0.2, 0.25) is 0 Å². The third-order valence-electron chi connectivity index (χ3n) is 5.38. The number of carboxylic acid groups (broad SMARTS) is 1. The van der Waals surface area contributed by atoms with Crippen molar-refractivity contribution < 1.29 is 14.7 Å². The maximum Gasteiger partial charge on any atom is 0.303 e. The molecule has 0 spiro atoms. The molecule has 0 atom stereocenters. The summed E-state index contributed by atoms with van der Waals surface area (Å²) in [5.74, 6) is -0.529. The highest BCUT2D eigenvalue weighted by atomic mass is 16.4. The number of amides is 1. The third kappa shape index (κ3) is 3.52. The van der Waals surface area contributed by atoms with Crippen LogP contribution in [-0.4, -0.2) is 39.5 Å². The monoisotopic (exact) mass is 354 g/mol. The second-order valence-electron chi connectivity index (χ2n) is 7.24. The summed E-state index contributed by atoms with van der Waals surface area (Å²) in [5.41, 5.74) is 5.00. The van der Waals surface area contributed by atoms with Gasteiger partial charge in [-0.1, -0.05) is 18.2 Å². The molecule has 0 unspecified atom stereocenters. The fraction of sp³-hybridized carbons (Fsp3) is 0.429. The van der Waals surface area contributed by atoms with Crippen molar-refractivity contribution in [3.63, 3.8) is 0 Å². The fourth-order valence-corrected chi connectivity index (χ4v) is 3.92. The Morgan fingerprint density at radius 3 is 2.38 bits per heavy atom. The molecule has 3 rings (SSSR count). The SMILES string of the molecule is Cc1ccccc1-n1c(C)cc(C(=O)N2CCC(CC(=O)O)CC2)c1C. The normalized spacial score (nSPS) is 15.3. The first kappa shape index (κ1) is 18.2.